The van der Waals surface area contributed by atoms with Gasteiger partial charge in [0.15, 0.2) is 0 Å². The standard InChI is InChI=1S/C14H21NO2/c1-10-6-13(7-11(2)14(10)16)8-15-4-5-17-9-12(15)3/h6-7,12,16H,4-5,8-9H2,1-3H3. The summed E-state index contributed by atoms with van der Waals surface area (Å²) >= 11 is 0. The topological polar surface area (TPSA) is 32.7 Å². The summed E-state index contributed by atoms with van der Waals surface area (Å²) in [5.41, 5.74) is 3.19. The molecule has 17 heavy (non-hydrogen) atoms. The van der Waals surface area contributed by atoms with Crippen LogP contribution in [0.25, 0.3) is 0 Å². The quantitative estimate of drug-likeness (QED) is 0.853. The fraction of sp³-hybridized carbons (Fsp3) is 0.571. The number of aromatic hydroxyl groups is 1. The minimum absolute atomic E-state index is 0.420. The number of hydrogen-bond acceptors (Lipinski definition) is 3. The lowest BCUT2D eigenvalue weighted by molar-refractivity contribution is -0.00438. The van der Waals surface area contributed by atoms with E-state index in [2.05, 4.69) is 24.0 Å². The number of ether oxygens (including phenoxy) is 1. The van der Waals surface area contributed by atoms with E-state index in [1.165, 1.54) is 5.56 Å². The minimum atomic E-state index is 0.420. The molecule has 0 amide bonds. The SMILES string of the molecule is Cc1cc(CN2CCOCC2C)cc(C)c1O. The van der Waals surface area contributed by atoms with Crippen molar-refractivity contribution in [2.75, 3.05) is 19.8 Å². The Balaban J connectivity index is 2.12. The number of phenolic OH excluding ortho intramolecular Hbond substituents is 1. The van der Waals surface area contributed by atoms with Crippen LogP contribution in [0.15, 0.2) is 12.1 Å². The Morgan fingerprint density at radius 2 is 2.00 bits per heavy atom. The Labute approximate surface area is 103 Å². The van der Waals surface area contributed by atoms with Gasteiger partial charge in [0.2, 0.25) is 0 Å². The largest absolute Gasteiger partial charge is 0.507 e. The second-order valence-electron chi connectivity index (χ2n) is 4.97. The maximum Gasteiger partial charge on any atom is 0.121 e. The summed E-state index contributed by atoms with van der Waals surface area (Å²) in [4.78, 5) is 2.43. The van der Waals surface area contributed by atoms with Crippen LogP contribution in [-0.4, -0.2) is 35.8 Å². The molecule has 0 aliphatic carbocycles. The lowest BCUT2D eigenvalue weighted by atomic mass is 10.0. The molecule has 1 saturated heterocycles. The van der Waals surface area contributed by atoms with Crippen molar-refractivity contribution in [2.24, 2.45) is 0 Å². The van der Waals surface area contributed by atoms with Crippen molar-refractivity contribution in [1.82, 2.24) is 4.90 Å². The summed E-state index contributed by atoms with van der Waals surface area (Å²) in [6.07, 6.45) is 0. The number of aryl methyl sites for hydroxylation is 2. The van der Waals surface area contributed by atoms with E-state index in [4.69, 9.17) is 4.74 Å². The third-order valence-corrected chi connectivity index (χ3v) is 3.44. The second-order valence-corrected chi connectivity index (χ2v) is 4.97. The summed E-state index contributed by atoms with van der Waals surface area (Å²) < 4.78 is 5.43. The van der Waals surface area contributed by atoms with E-state index in [9.17, 15) is 5.11 Å². The van der Waals surface area contributed by atoms with E-state index in [1.54, 1.807) is 0 Å². The summed E-state index contributed by atoms with van der Waals surface area (Å²) in [5.74, 6) is 0.420. The molecule has 0 aromatic heterocycles. The number of benzene rings is 1. The maximum atomic E-state index is 9.75. The van der Waals surface area contributed by atoms with Crippen molar-refractivity contribution in [3.8, 4) is 5.75 Å². The van der Waals surface area contributed by atoms with Gasteiger partial charge in [0.05, 0.1) is 13.2 Å². The van der Waals surface area contributed by atoms with Crippen molar-refractivity contribution in [3.05, 3.63) is 28.8 Å². The van der Waals surface area contributed by atoms with Crippen molar-refractivity contribution >= 4 is 0 Å². The first-order valence-corrected chi connectivity index (χ1v) is 6.19. The fourth-order valence-corrected chi connectivity index (χ4v) is 2.37. The number of hydrogen-bond donors (Lipinski definition) is 1. The highest BCUT2D eigenvalue weighted by Gasteiger charge is 2.19. The van der Waals surface area contributed by atoms with E-state index >= 15 is 0 Å². The monoisotopic (exact) mass is 235 g/mol. The van der Waals surface area contributed by atoms with Crippen LogP contribution in [0.4, 0.5) is 0 Å². The van der Waals surface area contributed by atoms with Crippen LogP contribution in [0.3, 0.4) is 0 Å². The fourth-order valence-electron chi connectivity index (χ4n) is 2.37. The number of nitrogens with zero attached hydrogens (tertiary/aromatic N) is 1. The van der Waals surface area contributed by atoms with E-state index in [1.807, 2.05) is 13.8 Å². The minimum Gasteiger partial charge on any atom is -0.507 e. The molecule has 1 atom stereocenters. The van der Waals surface area contributed by atoms with Crippen LogP contribution in [0.5, 0.6) is 5.75 Å². The Bertz CT molecular complexity index is 380. The maximum absolute atomic E-state index is 9.75. The van der Waals surface area contributed by atoms with E-state index in [0.29, 0.717) is 11.8 Å². The molecule has 94 valence electrons. The van der Waals surface area contributed by atoms with Gasteiger partial charge in [0.1, 0.15) is 5.75 Å². The highest BCUT2D eigenvalue weighted by molar-refractivity contribution is 5.42. The van der Waals surface area contributed by atoms with Crippen LogP contribution < -0.4 is 0 Å². The summed E-state index contributed by atoms with van der Waals surface area (Å²) in [5, 5.41) is 9.75. The molecule has 3 nitrogen and oxygen atoms in total. The molecule has 0 saturated carbocycles. The lowest BCUT2D eigenvalue weighted by Crippen LogP contribution is -2.42. The van der Waals surface area contributed by atoms with Crippen molar-refractivity contribution in [3.63, 3.8) is 0 Å². The molecule has 1 aromatic carbocycles. The molecule has 0 bridgehead atoms. The Hall–Kier alpha value is -1.06. The molecule has 1 heterocycles. The van der Waals surface area contributed by atoms with E-state index in [0.717, 1.165) is 37.4 Å². The molecule has 1 N–H and O–H groups in total. The Morgan fingerprint density at radius 1 is 1.35 bits per heavy atom. The molecule has 0 radical (unpaired) electrons. The summed E-state index contributed by atoms with van der Waals surface area (Å²) in [7, 11) is 0. The zero-order valence-corrected chi connectivity index (χ0v) is 10.9. The molecule has 1 aromatic rings. The van der Waals surface area contributed by atoms with Gasteiger partial charge >= 0.3 is 0 Å². The number of phenols is 1. The van der Waals surface area contributed by atoms with Gasteiger partial charge in [-0.1, -0.05) is 12.1 Å². The van der Waals surface area contributed by atoms with Crippen LogP contribution in [0.1, 0.15) is 23.6 Å². The molecule has 1 fully saturated rings. The lowest BCUT2D eigenvalue weighted by Gasteiger charge is -2.33. The Morgan fingerprint density at radius 3 is 2.59 bits per heavy atom. The molecule has 0 spiro atoms. The molecule has 2 rings (SSSR count). The zero-order valence-electron chi connectivity index (χ0n) is 10.9. The van der Waals surface area contributed by atoms with Crippen molar-refractivity contribution < 1.29 is 9.84 Å². The number of morpholine rings is 1. The predicted molar refractivity (Wildman–Crippen MR) is 68.3 cm³/mol. The second kappa shape index (κ2) is 5.07. The van der Waals surface area contributed by atoms with Gasteiger partial charge in [-0.3, -0.25) is 4.90 Å². The zero-order chi connectivity index (χ0) is 12.4. The predicted octanol–water partition coefficient (Wildman–Crippen LogP) is 2.23. The van der Waals surface area contributed by atoms with E-state index in [-0.39, 0.29) is 0 Å². The van der Waals surface area contributed by atoms with Crippen LogP contribution >= 0.6 is 0 Å². The van der Waals surface area contributed by atoms with Gasteiger partial charge in [0, 0.05) is 19.1 Å². The first kappa shape index (κ1) is 12.4. The van der Waals surface area contributed by atoms with Gasteiger partial charge in [0.25, 0.3) is 0 Å². The molecule has 1 aliphatic rings. The molecule has 3 heteroatoms. The molecular weight excluding hydrogens is 214 g/mol. The first-order chi connectivity index (χ1) is 8.08. The Kier molecular flexibility index (Phi) is 3.69. The van der Waals surface area contributed by atoms with Crippen molar-refractivity contribution in [2.45, 2.75) is 33.4 Å². The first-order valence-electron chi connectivity index (χ1n) is 6.19. The van der Waals surface area contributed by atoms with Crippen LogP contribution in [-0.2, 0) is 11.3 Å². The normalized spacial score (nSPS) is 21.7. The molecular formula is C14H21NO2. The number of rotatable bonds is 2. The average molecular weight is 235 g/mol. The molecule has 1 aliphatic heterocycles. The summed E-state index contributed by atoms with van der Waals surface area (Å²) in [6, 6.07) is 4.62. The van der Waals surface area contributed by atoms with Crippen molar-refractivity contribution in [1.29, 1.82) is 0 Å². The highest BCUT2D eigenvalue weighted by atomic mass is 16.5. The summed E-state index contributed by atoms with van der Waals surface area (Å²) in [6.45, 7) is 9.66. The van der Waals surface area contributed by atoms with Gasteiger partial charge in [-0.25, -0.2) is 0 Å². The van der Waals surface area contributed by atoms with Crippen LogP contribution in [0, 0.1) is 13.8 Å². The van der Waals surface area contributed by atoms with E-state index < -0.39 is 0 Å². The van der Waals surface area contributed by atoms with Gasteiger partial charge in [-0.05, 0) is 37.5 Å². The van der Waals surface area contributed by atoms with Gasteiger partial charge in [-0.2, -0.15) is 0 Å². The van der Waals surface area contributed by atoms with Gasteiger partial charge in [-0.15, -0.1) is 0 Å². The smallest absolute Gasteiger partial charge is 0.121 e. The third-order valence-electron chi connectivity index (χ3n) is 3.44. The van der Waals surface area contributed by atoms with Gasteiger partial charge < -0.3 is 9.84 Å². The highest BCUT2D eigenvalue weighted by Crippen LogP contribution is 2.24. The van der Waals surface area contributed by atoms with Crippen LogP contribution in [0.2, 0.25) is 0 Å². The molecule has 1 unspecified atom stereocenters. The third kappa shape index (κ3) is 2.79. The average Bonchev–Trinajstić information content (AvgIpc) is 2.29.